The van der Waals surface area contributed by atoms with Crippen molar-refractivity contribution >= 4 is 17.5 Å². The van der Waals surface area contributed by atoms with Crippen LogP contribution in [0.5, 0.6) is 0 Å². The van der Waals surface area contributed by atoms with Crippen LogP contribution < -0.4 is 0 Å². The zero-order valence-electron chi connectivity index (χ0n) is 20.3. The number of pyridine rings is 1. The van der Waals surface area contributed by atoms with Crippen LogP contribution in [0.3, 0.4) is 0 Å². The fourth-order valence-corrected chi connectivity index (χ4v) is 4.62. The van der Waals surface area contributed by atoms with Crippen molar-refractivity contribution in [2.24, 2.45) is 5.92 Å². The second-order valence-electron chi connectivity index (χ2n) is 9.69. The van der Waals surface area contributed by atoms with E-state index in [0.29, 0.717) is 23.2 Å². The normalized spacial score (nSPS) is 15.1. The first-order chi connectivity index (χ1) is 16.4. The van der Waals surface area contributed by atoms with Crippen LogP contribution >= 0.6 is 11.6 Å². The summed E-state index contributed by atoms with van der Waals surface area (Å²) in [5.74, 6) is 2.18. The number of carbonyl (C=O) groups excluding carboxylic acids is 1. The monoisotopic (exact) mass is 479 g/mol. The molecule has 0 atom stereocenters. The van der Waals surface area contributed by atoms with Crippen molar-refractivity contribution in [2.75, 3.05) is 19.6 Å². The van der Waals surface area contributed by atoms with Crippen LogP contribution in [0.2, 0.25) is 5.02 Å². The summed E-state index contributed by atoms with van der Waals surface area (Å²) in [7, 11) is 0. The Morgan fingerprint density at radius 2 is 1.97 bits per heavy atom. The molecule has 1 aromatic carbocycles. The topological polar surface area (TPSA) is 49.6 Å². The number of halogens is 1. The largest absolute Gasteiger partial charge is 0.459 e. The van der Waals surface area contributed by atoms with Crippen LogP contribution in [0, 0.1) is 12.8 Å². The molecule has 1 amide bonds. The summed E-state index contributed by atoms with van der Waals surface area (Å²) in [5, 5.41) is 0.668. The van der Waals surface area contributed by atoms with Gasteiger partial charge in [-0.3, -0.25) is 9.78 Å². The molecule has 2 aromatic heterocycles. The van der Waals surface area contributed by atoms with E-state index in [-0.39, 0.29) is 11.9 Å². The molecule has 0 N–H and O–H groups in total. The Kier molecular flexibility index (Phi) is 8.07. The minimum atomic E-state index is -0.0404. The fraction of sp³-hybridized carbons (Fsp3) is 0.429. The average Bonchev–Trinajstić information content (AvgIpc) is 3.30. The second-order valence-corrected chi connectivity index (χ2v) is 10.1. The number of furan rings is 1. The number of likely N-dealkylation sites (tertiary alicyclic amines) is 1. The van der Waals surface area contributed by atoms with Crippen LogP contribution in [-0.2, 0) is 6.54 Å². The van der Waals surface area contributed by atoms with Gasteiger partial charge in [0.1, 0.15) is 17.2 Å². The number of hydrogen-bond donors (Lipinski definition) is 0. The van der Waals surface area contributed by atoms with Crippen molar-refractivity contribution < 1.29 is 9.21 Å². The van der Waals surface area contributed by atoms with E-state index in [1.54, 1.807) is 6.20 Å². The number of amides is 1. The van der Waals surface area contributed by atoms with Crippen molar-refractivity contribution in [3.05, 3.63) is 76.8 Å². The van der Waals surface area contributed by atoms with E-state index in [2.05, 4.69) is 23.7 Å². The Morgan fingerprint density at radius 1 is 1.18 bits per heavy atom. The Balaban J connectivity index is 1.51. The van der Waals surface area contributed by atoms with E-state index in [9.17, 15) is 4.79 Å². The van der Waals surface area contributed by atoms with Crippen molar-refractivity contribution in [3.8, 4) is 11.3 Å². The first-order valence-electron chi connectivity index (χ1n) is 12.2. The molecule has 4 rings (SSSR count). The van der Waals surface area contributed by atoms with Crippen molar-refractivity contribution in [1.82, 2.24) is 14.8 Å². The fourth-order valence-electron chi connectivity index (χ4n) is 4.43. The van der Waals surface area contributed by atoms with Gasteiger partial charge in [0, 0.05) is 35.9 Å². The van der Waals surface area contributed by atoms with Crippen LogP contribution in [0.25, 0.3) is 11.3 Å². The lowest BCUT2D eigenvalue weighted by molar-refractivity contribution is 0.0522. The molecule has 0 bridgehead atoms. The molecule has 1 fully saturated rings. The van der Waals surface area contributed by atoms with Gasteiger partial charge in [0.15, 0.2) is 0 Å². The van der Waals surface area contributed by atoms with E-state index in [0.717, 1.165) is 55.1 Å². The molecule has 6 heteroatoms. The van der Waals surface area contributed by atoms with Crippen LogP contribution in [-0.4, -0.2) is 46.4 Å². The number of hydrogen-bond acceptors (Lipinski definition) is 4. The first-order valence-corrected chi connectivity index (χ1v) is 12.6. The third-order valence-electron chi connectivity index (χ3n) is 6.51. The van der Waals surface area contributed by atoms with E-state index in [1.165, 1.54) is 6.42 Å². The summed E-state index contributed by atoms with van der Waals surface area (Å²) >= 11 is 6.15. The van der Waals surface area contributed by atoms with Gasteiger partial charge in [-0.2, -0.15) is 0 Å². The van der Waals surface area contributed by atoms with E-state index in [4.69, 9.17) is 16.0 Å². The summed E-state index contributed by atoms with van der Waals surface area (Å²) < 4.78 is 6.15. The van der Waals surface area contributed by atoms with Gasteiger partial charge < -0.3 is 14.2 Å². The molecule has 3 aromatic rings. The Bertz CT molecular complexity index is 1090. The second kappa shape index (κ2) is 11.2. The zero-order chi connectivity index (χ0) is 24.1. The maximum absolute atomic E-state index is 13.6. The van der Waals surface area contributed by atoms with Crippen LogP contribution in [0.15, 0.2) is 59.1 Å². The predicted octanol–water partition coefficient (Wildman–Crippen LogP) is 6.46. The van der Waals surface area contributed by atoms with Crippen molar-refractivity contribution in [3.63, 3.8) is 0 Å². The number of aromatic nitrogens is 1. The number of rotatable bonds is 8. The molecule has 3 heterocycles. The Labute approximate surface area is 207 Å². The summed E-state index contributed by atoms with van der Waals surface area (Å²) in [5.41, 5.74) is 2.45. The molecule has 5 nitrogen and oxygen atoms in total. The van der Waals surface area contributed by atoms with Gasteiger partial charge >= 0.3 is 0 Å². The van der Waals surface area contributed by atoms with Crippen molar-refractivity contribution in [1.29, 1.82) is 0 Å². The smallest absolute Gasteiger partial charge is 0.273 e. The third kappa shape index (κ3) is 6.28. The number of piperidine rings is 1. The SMILES string of the molecule is Cc1ccc(C(=O)N(Cc2ccc(-c3cccc(Cl)c3)o2)C2CCN(CCC(C)C)CC2)nc1. The van der Waals surface area contributed by atoms with Gasteiger partial charge in [-0.25, -0.2) is 0 Å². The lowest BCUT2D eigenvalue weighted by Crippen LogP contribution is -2.47. The minimum Gasteiger partial charge on any atom is -0.459 e. The van der Waals surface area contributed by atoms with E-state index < -0.39 is 0 Å². The zero-order valence-corrected chi connectivity index (χ0v) is 21.1. The Morgan fingerprint density at radius 3 is 2.65 bits per heavy atom. The standard InChI is InChI=1S/C28H34ClN3O2/c1-20(2)11-14-31-15-12-24(13-16-31)32(28(33)26-9-7-21(3)18-30-26)19-25-8-10-27(34-25)22-5-4-6-23(29)17-22/h4-10,17-18,20,24H,11-16,19H2,1-3H3. The van der Waals surface area contributed by atoms with Crippen LogP contribution in [0.1, 0.15) is 54.9 Å². The van der Waals surface area contributed by atoms with Gasteiger partial charge in [0.25, 0.3) is 5.91 Å². The molecule has 1 aliphatic rings. The highest BCUT2D eigenvalue weighted by molar-refractivity contribution is 6.30. The van der Waals surface area contributed by atoms with Gasteiger partial charge in [-0.1, -0.05) is 43.6 Å². The van der Waals surface area contributed by atoms with Gasteiger partial charge in [-0.05, 0) is 74.5 Å². The quantitative estimate of drug-likeness (QED) is 0.372. The van der Waals surface area contributed by atoms with Crippen molar-refractivity contribution in [2.45, 2.75) is 52.6 Å². The Hall–Kier alpha value is -2.63. The minimum absolute atomic E-state index is 0.0404. The predicted molar refractivity (Wildman–Crippen MR) is 137 cm³/mol. The molecular formula is C28H34ClN3O2. The van der Waals surface area contributed by atoms with Crippen LogP contribution in [0.4, 0.5) is 0 Å². The number of carbonyl (C=O) groups is 1. The molecule has 0 aliphatic carbocycles. The molecule has 1 aliphatic heterocycles. The molecular weight excluding hydrogens is 446 g/mol. The summed E-state index contributed by atoms with van der Waals surface area (Å²) in [6.07, 6.45) is 4.87. The highest BCUT2D eigenvalue weighted by atomic mass is 35.5. The molecule has 0 spiro atoms. The van der Waals surface area contributed by atoms with Gasteiger partial charge in [0.05, 0.1) is 6.54 Å². The molecule has 0 radical (unpaired) electrons. The first kappa shape index (κ1) is 24.5. The summed E-state index contributed by atoms with van der Waals surface area (Å²) in [6.45, 7) is 10.1. The molecule has 34 heavy (non-hydrogen) atoms. The van der Waals surface area contributed by atoms with E-state index >= 15 is 0 Å². The highest BCUT2D eigenvalue weighted by Crippen LogP contribution is 2.27. The molecule has 180 valence electrons. The lowest BCUT2D eigenvalue weighted by atomic mass is 10.0. The summed E-state index contributed by atoms with van der Waals surface area (Å²) in [6, 6.07) is 15.4. The maximum atomic E-state index is 13.6. The highest BCUT2D eigenvalue weighted by Gasteiger charge is 2.30. The number of nitrogens with zero attached hydrogens (tertiary/aromatic N) is 3. The van der Waals surface area contributed by atoms with Gasteiger partial charge in [0.2, 0.25) is 0 Å². The van der Waals surface area contributed by atoms with Gasteiger partial charge in [-0.15, -0.1) is 0 Å². The third-order valence-corrected chi connectivity index (χ3v) is 6.74. The number of aryl methyl sites for hydroxylation is 1. The average molecular weight is 480 g/mol. The molecule has 0 saturated carbocycles. The molecule has 1 saturated heterocycles. The maximum Gasteiger partial charge on any atom is 0.273 e. The lowest BCUT2D eigenvalue weighted by Gasteiger charge is -2.38. The molecule has 0 unspecified atom stereocenters. The number of benzene rings is 1. The van der Waals surface area contributed by atoms with E-state index in [1.807, 2.05) is 60.4 Å². The summed E-state index contributed by atoms with van der Waals surface area (Å²) in [4.78, 5) is 22.5.